The van der Waals surface area contributed by atoms with Crippen LogP contribution in [0, 0.1) is 0 Å². The molecule has 2 aromatic carbocycles. The Labute approximate surface area is 121 Å². The van der Waals surface area contributed by atoms with Crippen LogP contribution in [0.5, 0.6) is 11.5 Å². The van der Waals surface area contributed by atoms with Crippen molar-refractivity contribution in [3.8, 4) is 11.5 Å². The third-order valence-electron chi connectivity index (χ3n) is 2.94. The molecule has 2 aromatic rings. The van der Waals surface area contributed by atoms with Gasteiger partial charge in [-0.2, -0.15) is 8.78 Å². The third-order valence-corrected chi connectivity index (χ3v) is 2.94. The molecule has 0 aromatic heterocycles. The lowest BCUT2D eigenvalue weighted by Crippen LogP contribution is -2.07. The van der Waals surface area contributed by atoms with Crippen LogP contribution in [-0.2, 0) is 0 Å². The van der Waals surface area contributed by atoms with E-state index in [2.05, 4.69) is 4.74 Å². The van der Waals surface area contributed by atoms with E-state index in [-0.39, 0.29) is 5.75 Å². The van der Waals surface area contributed by atoms with Crippen LogP contribution in [0.15, 0.2) is 48.5 Å². The smallest absolute Gasteiger partial charge is 0.387 e. The van der Waals surface area contributed by atoms with Crippen molar-refractivity contribution in [2.24, 2.45) is 0 Å². The number of rotatable bonds is 6. The molecular formula is C16H16F2O3. The molecule has 0 heterocycles. The van der Waals surface area contributed by atoms with E-state index in [0.29, 0.717) is 23.5 Å². The van der Waals surface area contributed by atoms with Crippen LogP contribution < -0.4 is 9.47 Å². The van der Waals surface area contributed by atoms with E-state index >= 15 is 0 Å². The predicted octanol–water partition coefficient (Wildman–Crippen LogP) is 3.77. The summed E-state index contributed by atoms with van der Waals surface area (Å²) in [6.45, 7) is -0.508. The minimum absolute atomic E-state index is 0.0334. The van der Waals surface area contributed by atoms with Crippen molar-refractivity contribution in [3.63, 3.8) is 0 Å². The van der Waals surface area contributed by atoms with Gasteiger partial charge < -0.3 is 14.6 Å². The largest absolute Gasteiger partial charge is 0.494 e. The molecule has 3 nitrogen and oxygen atoms in total. The van der Waals surface area contributed by atoms with Gasteiger partial charge in [-0.25, -0.2) is 0 Å². The summed E-state index contributed by atoms with van der Waals surface area (Å²) < 4.78 is 34.5. The average Bonchev–Trinajstić information content (AvgIpc) is 2.48. The zero-order valence-corrected chi connectivity index (χ0v) is 11.5. The van der Waals surface area contributed by atoms with Gasteiger partial charge in [0.15, 0.2) is 0 Å². The van der Waals surface area contributed by atoms with Gasteiger partial charge in [-0.15, -0.1) is 0 Å². The van der Waals surface area contributed by atoms with Gasteiger partial charge in [-0.1, -0.05) is 30.3 Å². The molecule has 0 aliphatic carbocycles. The zero-order chi connectivity index (χ0) is 15.2. The average molecular weight is 294 g/mol. The second-order valence-corrected chi connectivity index (χ2v) is 4.32. The molecule has 0 aliphatic rings. The number of para-hydroxylation sites is 1. The standard InChI is InChI=1S/C16H16F2O3/c1-2-20-12-9-7-11(8-10-12)15(19)13-5-3-4-6-14(13)21-16(17)18/h3-10,15-16,19H,2H2,1H3. The Bertz CT molecular complexity index is 570. The van der Waals surface area contributed by atoms with Gasteiger partial charge in [0.05, 0.1) is 6.61 Å². The number of hydrogen-bond donors (Lipinski definition) is 1. The maximum Gasteiger partial charge on any atom is 0.387 e. The van der Waals surface area contributed by atoms with E-state index in [9.17, 15) is 13.9 Å². The fraction of sp³-hybridized carbons (Fsp3) is 0.250. The summed E-state index contributed by atoms with van der Waals surface area (Å²) in [6.07, 6.45) is -1.05. The van der Waals surface area contributed by atoms with E-state index in [0.717, 1.165) is 0 Å². The van der Waals surface area contributed by atoms with Crippen LogP contribution >= 0.6 is 0 Å². The van der Waals surface area contributed by atoms with Crippen molar-refractivity contribution in [2.45, 2.75) is 19.6 Å². The summed E-state index contributed by atoms with van der Waals surface area (Å²) in [6, 6.07) is 13.0. The molecule has 0 fully saturated rings. The van der Waals surface area contributed by atoms with E-state index in [1.807, 2.05) is 6.92 Å². The zero-order valence-electron chi connectivity index (χ0n) is 11.5. The monoisotopic (exact) mass is 294 g/mol. The van der Waals surface area contributed by atoms with Crippen molar-refractivity contribution in [2.75, 3.05) is 6.61 Å². The molecule has 21 heavy (non-hydrogen) atoms. The lowest BCUT2D eigenvalue weighted by atomic mass is 10.0. The van der Waals surface area contributed by atoms with Crippen LogP contribution in [0.25, 0.3) is 0 Å². The fourth-order valence-corrected chi connectivity index (χ4v) is 2.00. The lowest BCUT2D eigenvalue weighted by Gasteiger charge is -2.16. The number of ether oxygens (including phenoxy) is 2. The minimum Gasteiger partial charge on any atom is -0.494 e. The first-order valence-corrected chi connectivity index (χ1v) is 6.56. The highest BCUT2D eigenvalue weighted by atomic mass is 19.3. The Morgan fingerprint density at radius 3 is 2.33 bits per heavy atom. The number of halogens is 2. The summed E-state index contributed by atoms with van der Waals surface area (Å²) >= 11 is 0. The van der Waals surface area contributed by atoms with Crippen LogP contribution in [-0.4, -0.2) is 18.3 Å². The Balaban J connectivity index is 2.24. The highest BCUT2D eigenvalue weighted by Gasteiger charge is 2.17. The van der Waals surface area contributed by atoms with Crippen molar-refractivity contribution >= 4 is 0 Å². The molecule has 0 spiro atoms. The van der Waals surface area contributed by atoms with E-state index < -0.39 is 12.7 Å². The van der Waals surface area contributed by atoms with E-state index in [1.165, 1.54) is 6.07 Å². The third kappa shape index (κ3) is 3.92. The summed E-state index contributed by atoms with van der Waals surface area (Å²) in [7, 11) is 0. The topological polar surface area (TPSA) is 38.7 Å². The number of benzene rings is 2. The second-order valence-electron chi connectivity index (χ2n) is 4.32. The summed E-state index contributed by atoms with van der Waals surface area (Å²) in [5.41, 5.74) is 0.866. The normalized spacial score (nSPS) is 12.2. The molecule has 1 N–H and O–H groups in total. The first-order valence-electron chi connectivity index (χ1n) is 6.56. The Kier molecular flexibility index (Phi) is 5.11. The fourth-order valence-electron chi connectivity index (χ4n) is 2.00. The highest BCUT2D eigenvalue weighted by Crippen LogP contribution is 2.31. The van der Waals surface area contributed by atoms with Crippen LogP contribution in [0.2, 0.25) is 0 Å². The van der Waals surface area contributed by atoms with Gasteiger partial charge >= 0.3 is 6.61 Å². The van der Waals surface area contributed by atoms with Crippen LogP contribution in [0.1, 0.15) is 24.2 Å². The van der Waals surface area contributed by atoms with Crippen molar-refractivity contribution in [1.82, 2.24) is 0 Å². The molecule has 1 unspecified atom stereocenters. The summed E-state index contributed by atoms with van der Waals surface area (Å²) in [5.74, 6) is 0.652. The Morgan fingerprint density at radius 1 is 1.05 bits per heavy atom. The molecule has 112 valence electrons. The maximum atomic E-state index is 12.4. The molecule has 5 heteroatoms. The van der Waals surface area contributed by atoms with Crippen molar-refractivity contribution < 1.29 is 23.4 Å². The molecule has 0 saturated heterocycles. The molecule has 0 bridgehead atoms. The summed E-state index contributed by atoms with van der Waals surface area (Å²) in [4.78, 5) is 0. The molecular weight excluding hydrogens is 278 g/mol. The molecule has 0 saturated carbocycles. The number of aliphatic hydroxyl groups excluding tert-OH is 1. The minimum atomic E-state index is -2.93. The first-order chi connectivity index (χ1) is 10.1. The van der Waals surface area contributed by atoms with Crippen LogP contribution in [0.4, 0.5) is 8.78 Å². The first kappa shape index (κ1) is 15.3. The van der Waals surface area contributed by atoms with Gasteiger partial charge in [-0.05, 0) is 30.7 Å². The predicted molar refractivity (Wildman–Crippen MR) is 74.7 cm³/mol. The Morgan fingerprint density at radius 2 is 1.71 bits per heavy atom. The Hall–Kier alpha value is -2.14. The van der Waals surface area contributed by atoms with Gasteiger partial charge in [0, 0.05) is 5.56 Å². The molecule has 2 rings (SSSR count). The molecule has 0 aliphatic heterocycles. The van der Waals surface area contributed by atoms with Crippen molar-refractivity contribution in [1.29, 1.82) is 0 Å². The molecule has 0 amide bonds. The van der Waals surface area contributed by atoms with E-state index in [4.69, 9.17) is 4.74 Å². The maximum absolute atomic E-state index is 12.4. The molecule has 1 atom stereocenters. The number of hydrogen-bond acceptors (Lipinski definition) is 3. The number of aliphatic hydroxyl groups is 1. The van der Waals surface area contributed by atoms with Gasteiger partial charge in [-0.3, -0.25) is 0 Å². The quantitative estimate of drug-likeness (QED) is 0.881. The van der Waals surface area contributed by atoms with Crippen LogP contribution in [0.3, 0.4) is 0 Å². The lowest BCUT2D eigenvalue weighted by molar-refractivity contribution is -0.0512. The highest BCUT2D eigenvalue weighted by molar-refractivity contribution is 5.41. The SMILES string of the molecule is CCOc1ccc(C(O)c2ccccc2OC(F)F)cc1. The van der Waals surface area contributed by atoms with Gasteiger partial charge in [0.2, 0.25) is 0 Å². The number of alkyl halides is 2. The van der Waals surface area contributed by atoms with Crippen molar-refractivity contribution in [3.05, 3.63) is 59.7 Å². The van der Waals surface area contributed by atoms with E-state index in [1.54, 1.807) is 42.5 Å². The summed E-state index contributed by atoms with van der Waals surface area (Å²) in [5, 5.41) is 10.3. The van der Waals surface area contributed by atoms with Gasteiger partial charge in [0.25, 0.3) is 0 Å². The second kappa shape index (κ2) is 7.04. The molecule has 0 radical (unpaired) electrons. The van der Waals surface area contributed by atoms with Gasteiger partial charge in [0.1, 0.15) is 17.6 Å².